The van der Waals surface area contributed by atoms with Crippen LogP contribution >= 0.6 is 0 Å². The van der Waals surface area contributed by atoms with Crippen LogP contribution in [0.25, 0.3) is 0 Å². The first-order valence-corrected chi connectivity index (χ1v) is 4.13. The van der Waals surface area contributed by atoms with Gasteiger partial charge in [-0.15, -0.1) is 0 Å². The first kappa shape index (κ1) is 9.03. The monoisotopic (exact) mass is 171 g/mol. The molecular weight excluding hydrogens is 158 g/mol. The molecule has 0 unspecified atom stereocenters. The molecule has 1 aliphatic rings. The van der Waals surface area contributed by atoms with Crippen LogP contribution in [-0.4, -0.2) is 35.5 Å². The maximum atomic E-state index is 10.3. The lowest BCUT2D eigenvalue weighted by Gasteiger charge is -2.27. The van der Waals surface area contributed by atoms with Crippen molar-refractivity contribution < 1.29 is 14.7 Å². The van der Waals surface area contributed by atoms with E-state index in [-0.39, 0.29) is 12.3 Å². The molecule has 1 fully saturated rings. The summed E-state index contributed by atoms with van der Waals surface area (Å²) in [4.78, 5) is 22.3. The fourth-order valence-electron chi connectivity index (χ4n) is 1.51. The summed E-state index contributed by atoms with van der Waals surface area (Å²) >= 11 is 0. The molecule has 0 spiro atoms. The third kappa shape index (κ3) is 2.53. The maximum Gasteiger partial charge on any atom is 0.303 e. The Hall–Kier alpha value is -1.06. The Bertz CT molecular complexity index is 173. The zero-order valence-corrected chi connectivity index (χ0v) is 6.90. The Morgan fingerprint density at radius 1 is 1.50 bits per heavy atom. The largest absolute Gasteiger partial charge is 0.481 e. The summed E-state index contributed by atoms with van der Waals surface area (Å²) in [7, 11) is 0. The summed E-state index contributed by atoms with van der Waals surface area (Å²) in [6.45, 7) is 1.42. The summed E-state index contributed by atoms with van der Waals surface area (Å²) in [6.07, 6.45) is 2.72. The highest BCUT2D eigenvalue weighted by atomic mass is 16.4. The van der Waals surface area contributed by atoms with E-state index in [9.17, 15) is 9.59 Å². The van der Waals surface area contributed by atoms with E-state index in [4.69, 9.17) is 5.11 Å². The molecule has 0 bridgehead atoms. The molecule has 0 radical (unpaired) electrons. The number of hydrogen-bond acceptors (Lipinski definition) is 2. The Morgan fingerprint density at radius 3 is 2.50 bits per heavy atom. The van der Waals surface area contributed by atoms with Gasteiger partial charge in [0.25, 0.3) is 0 Å². The number of hydrogen-bond donors (Lipinski definition) is 1. The number of carboxylic acid groups (broad SMARTS) is 1. The molecule has 12 heavy (non-hydrogen) atoms. The number of amides is 1. The second kappa shape index (κ2) is 4.09. The zero-order valence-electron chi connectivity index (χ0n) is 6.90. The molecular formula is C8H13NO3. The van der Waals surface area contributed by atoms with Gasteiger partial charge in [-0.2, -0.15) is 0 Å². The molecule has 0 saturated carbocycles. The van der Waals surface area contributed by atoms with Crippen LogP contribution in [0.3, 0.4) is 0 Å². The molecule has 68 valence electrons. The number of carbonyl (C=O) groups excluding carboxylic acids is 1. The van der Waals surface area contributed by atoms with Crippen LogP contribution in [0, 0.1) is 5.92 Å². The molecule has 4 nitrogen and oxygen atoms in total. The van der Waals surface area contributed by atoms with Crippen molar-refractivity contribution in [3.63, 3.8) is 0 Å². The Balaban J connectivity index is 2.26. The highest BCUT2D eigenvalue weighted by Crippen LogP contribution is 2.19. The van der Waals surface area contributed by atoms with E-state index in [0.717, 1.165) is 19.3 Å². The lowest BCUT2D eigenvalue weighted by atomic mass is 9.94. The zero-order chi connectivity index (χ0) is 8.97. The standard InChI is InChI=1S/C8H13NO3/c10-6-9-3-1-7(2-4-9)5-8(11)12/h6-7H,1-5H2,(H,11,12). The third-order valence-corrected chi connectivity index (χ3v) is 2.26. The number of rotatable bonds is 3. The number of piperidine rings is 1. The number of aliphatic carboxylic acids is 1. The van der Waals surface area contributed by atoms with Crippen molar-refractivity contribution in [2.45, 2.75) is 19.3 Å². The molecule has 0 aliphatic carbocycles. The van der Waals surface area contributed by atoms with E-state index in [0.29, 0.717) is 13.1 Å². The minimum Gasteiger partial charge on any atom is -0.481 e. The number of carbonyl (C=O) groups is 2. The van der Waals surface area contributed by atoms with Gasteiger partial charge in [0.2, 0.25) is 6.41 Å². The highest BCUT2D eigenvalue weighted by molar-refractivity contribution is 5.67. The second-order valence-corrected chi connectivity index (χ2v) is 3.18. The van der Waals surface area contributed by atoms with Gasteiger partial charge in [0, 0.05) is 19.5 Å². The van der Waals surface area contributed by atoms with Crippen molar-refractivity contribution in [3.8, 4) is 0 Å². The third-order valence-electron chi connectivity index (χ3n) is 2.26. The van der Waals surface area contributed by atoms with Gasteiger partial charge in [-0.25, -0.2) is 0 Å². The van der Waals surface area contributed by atoms with Crippen LogP contribution in [0.15, 0.2) is 0 Å². The van der Waals surface area contributed by atoms with E-state index in [1.54, 1.807) is 4.90 Å². The Morgan fingerprint density at radius 2 is 2.08 bits per heavy atom. The first-order chi connectivity index (χ1) is 5.72. The average Bonchev–Trinajstić information content (AvgIpc) is 2.05. The highest BCUT2D eigenvalue weighted by Gasteiger charge is 2.19. The fraction of sp³-hybridized carbons (Fsp3) is 0.750. The van der Waals surface area contributed by atoms with Crippen molar-refractivity contribution in [1.82, 2.24) is 4.90 Å². The first-order valence-electron chi connectivity index (χ1n) is 4.13. The molecule has 1 rings (SSSR count). The van der Waals surface area contributed by atoms with E-state index < -0.39 is 5.97 Å². The van der Waals surface area contributed by atoms with E-state index in [1.807, 2.05) is 0 Å². The SMILES string of the molecule is O=CN1CCC(CC(=O)O)CC1. The van der Waals surface area contributed by atoms with Crippen LogP contribution in [0.5, 0.6) is 0 Å². The molecule has 1 aliphatic heterocycles. The van der Waals surface area contributed by atoms with Crippen LogP contribution in [0.1, 0.15) is 19.3 Å². The van der Waals surface area contributed by atoms with Crippen molar-refractivity contribution >= 4 is 12.4 Å². The Kier molecular flexibility index (Phi) is 3.08. The normalized spacial score (nSPS) is 19.2. The lowest BCUT2D eigenvalue weighted by molar-refractivity contribution is -0.138. The number of carboxylic acids is 1. The van der Waals surface area contributed by atoms with Gasteiger partial charge < -0.3 is 10.0 Å². The van der Waals surface area contributed by atoms with Crippen LogP contribution in [0.2, 0.25) is 0 Å². The van der Waals surface area contributed by atoms with Crippen molar-refractivity contribution in [2.24, 2.45) is 5.92 Å². The van der Waals surface area contributed by atoms with Gasteiger partial charge >= 0.3 is 5.97 Å². The van der Waals surface area contributed by atoms with Crippen molar-refractivity contribution in [2.75, 3.05) is 13.1 Å². The van der Waals surface area contributed by atoms with Gasteiger partial charge in [-0.3, -0.25) is 9.59 Å². The molecule has 1 heterocycles. The molecule has 0 aromatic rings. The Labute approximate surface area is 71.2 Å². The molecule has 1 N–H and O–H groups in total. The van der Waals surface area contributed by atoms with Crippen LogP contribution < -0.4 is 0 Å². The summed E-state index contributed by atoms with van der Waals surface area (Å²) in [5.74, 6) is -0.474. The van der Waals surface area contributed by atoms with E-state index in [1.165, 1.54) is 0 Å². The van der Waals surface area contributed by atoms with Gasteiger partial charge in [-0.1, -0.05) is 0 Å². The topological polar surface area (TPSA) is 57.6 Å². The van der Waals surface area contributed by atoms with Gasteiger partial charge in [0.05, 0.1) is 0 Å². The number of nitrogens with zero attached hydrogens (tertiary/aromatic N) is 1. The minimum atomic E-state index is -0.737. The summed E-state index contributed by atoms with van der Waals surface area (Å²) < 4.78 is 0. The second-order valence-electron chi connectivity index (χ2n) is 3.18. The van der Waals surface area contributed by atoms with Gasteiger partial charge in [0.1, 0.15) is 0 Å². The van der Waals surface area contributed by atoms with E-state index in [2.05, 4.69) is 0 Å². The van der Waals surface area contributed by atoms with Crippen LogP contribution in [-0.2, 0) is 9.59 Å². The quantitative estimate of drug-likeness (QED) is 0.622. The maximum absolute atomic E-state index is 10.3. The van der Waals surface area contributed by atoms with Crippen LogP contribution in [0.4, 0.5) is 0 Å². The lowest BCUT2D eigenvalue weighted by Crippen LogP contribution is -2.33. The minimum absolute atomic E-state index is 0.243. The van der Waals surface area contributed by atoms with Gasteiger partial charge in [-0.05, 0) is 18.8 Å². The predicted octanol–water partition coefficient (Wildman–Crippen LogP) is 0.329. The summed E-state index contributed by atoms with van der Waals surface area (Å²) in [5, 5.41) is 8.51. The average molecular weight is 171 g/mol. The van der Waals surface area contributed by atoms with Crippen molar-refractivity contribution in [3.05, 3.63) is 0 Å². The van der Waals surface area contributed by atoms with E-state index >= 15 is 0 Å². The smallest absolute Gasteiger partial charge is 0.303 e. The number of likely N-dealkylation sites (tertiary alicyclic amines) is 1. The molecule has 1 saturated heterocycles. The summed E-state index contributed by atoms with van der Waals surface area (Å²) in [5.41, 5.74) is 0. The fourth-order valence-corrected chi connectivity index (χ4v) is 1.51. The van der Waals surface area contributed by atoms with Crippen molar-refractivity contribution in [1.29, 1.82) is 0 Å². The molecule has 0 atom stereocenters. The summed E-state index contributed by atoms with van der Waals surface area (Å²) in [6, 6.07) is 0. The van der Waals surface area contributed by atoms with Gasteiger partial charge in [0.15, 0.2) is 0 Å². The molecule has 0 aromatic heterocycles. The molecule has 1 amide bonds. The molecule has 4 heteroatoms. The molecule has 0 aromatic carbocycles. The predicted molar refractivity (Wildman–Crippen MR) is 42.6 cm³/mol.